The van der Waals surface area contributed by atoms with Crippen molar-refractivity contribution < 1.29 is 8.81 Å². The second-order valence-corrected chi connectivity index (χ2v) is 4.13. The first-order chi connectivity index (χ1) is 8.24. The normalized spacial score (nSPS) is 10.7. The summed E-state index contributed by atoms with van der Waals surface area (Å²) in [6, 6.07) is 10.1. The summed E-state index contributed by atoms with van der Waals surface area (Å²) in [5.74, 6) is 0.612. The zero-order valence-electron chi connectivity index (χ0n) is 9.25. The van der Waals surface area contributed by atoms with Gasteiger partial charge in [-0.2, -0.15) is 0 Å². The van der Waals surface area contributed by atoms with Gasteiger partial charge in [0.15, 0.2) is 5.22 Å². The number of nitrogens with one attached hydrogen (secondary N) is 1. The minimum Gasteiger partial charge on any atom is -0.448 e. The van der Waals surface area contributed by atoms with Crippen molar-refractivity contribution in [1.29, 1.82) is 0 Å². The van der Waals surface area contributed by atoms with Crippen LogP contribution in [0.1, 0.15) is 11.3 Å². The quantitative estimate of drug-likeness (QED) is 0.827. The third kappa shape index (κ3) is 3.88. The largest absolute Gasteiger partial charge is 0.448 e. The molecule has 0 aliphatic rings. The molecule has 1 heterocycles. The molecule has 0 atom stereocenters. The lowest BCUT2D eigenvalue weighted by Gasteiger charge is -2.03. The molecule has 0 radical (unpaired) electrons. The fraction of sp³-hybridized carbons (Fsp3) is 0.231. The second-order valence-electron chi connectivity index (χ2n) is 3.76. The van der Waals surface area contributed by atoms with E-state index in [1.807, 2.05) is 6.07 Å². The van der Waals surface area contributed by atoms with Crippen LogP contribution in [0, 0.1) is 5.82 Å². The van der Waals surface area contributed by atoms with Gasteiger partial charge in [-0.05, 0) is 54.4 Å². The molecule has 2 aromatic rings. The van der Waals surface area contributed by atoms with Crippen LogP contribution in [0.5, 0.6) is 0 Å². The number of rotatable bonds is 5. The molecule has 1 N–H and O–H groups in total. The predicted octanol–water partition coefficient (Wildman–Crippen LogP) is 3.40. The molecule has 17 heavy (non-hydrogen) atoms. The number of hydrogen-bond acceptors (Lipinski definition) is 2. The maximum atomic E-state index is 12.7. The summed E-state index contributed by atoms with van der Waals surface area (Å²) in [6.45, 7) is 1.46. The molecule has 2 rings (SSSR count). The third-order valence-corrected chi connectivity index (χ3v) is 2.63. The van der Waals surface area contributed by atoms with Gasteiger partial charge in [0.1, 0.15) is 11.6 Å². The Morgan fingerprint density at radius 1 is 1.12 bits per heavy atom. The van der Waals surface area contributed by atoms with Gasteiger partial charge in [0.05, 0.1) is 6.54 Å². The van der Waals surface area contributed by atoms with Gasteiger partial charge in [0.25, 0.3) is 0 Å². The highest BCUT2D eigenvalue weighted by Crippen LogP contribution is 2.12. The van der Waals surface area contributed by atoms with Crippen molar-refractivity contribution in [3.8, 4) is 0 Å². The van der Waals surface area contributed by atoms with Crippen LogP contribution < -0.4 is 5.32 Å². The van der Waals surface area contributed by atoms with E-state index < -0.39 is 0 Å². The smallest absolute Gasteiger partial charge is 0.193 e. The van der Waals surface area contributed by atoms with Gasteiger partial charge in [0.2, 0.25) is 0 Å². The van der Waals surface area contributed by atoms with E-state index in [4.69, 9.17) is 16.0 Å². The van der Waals surface area contributed by atoms with Crippen LogP contribution >= 0.6 is 11.6 Å². The Labute approximate surface area is 104 Å². The first-order valence-corrected chi connectivity index (χ1v) is 5.81. The Kier molecular flexibility index (Phi) is 4.18. The van der Waals surface area contributed by atoms with Crippen LogP contribution in [0.15, 0.2) is 40.8 Å². The first kappa shape index (κ1) is 12.1. The van der Waals surface area contributed by atoms with Gasteiger partial charge in [-0.1, -0.05) is 12.1 Å². The van der Waals surface area contributed by atoms with E-state index in [0.717, 1.165) is 24.3 Å². The molecule has 4 heteroatoms. The highest BCUT2D eigenvalue weighted by atomic mass is 35.5. The number of hydrogen-bond donors (Lipinski definition) is 1. The van der Waals surface area contributed by atoms with Crippen molar-refractivity contribution in [2.24, 2.45) is 0 Å². The molecule has 1 aromatic carbocycles. The molecule has 2 nitrogen and oxygen atoms in total. The average molecular weight is 254 g/mol. The van der Waals surface area contributed by atoms with Crippen molar-refractivity contribution in [1.82, 2.24) is 5.32 Å². The predicted molar refractivity (Wildman–Crippen MR) is 65.5 cm³/mol. The van der Waals surface area contributed by atoms with Crippen molar-refractivity contribution >= 4 is 11.6 Å². The Balaban J connectivity index is 1.71. The summed E-state index contributed by atoms with van der Waals surface area (Å²) in [6.07, 6.45) is 0.856. The Hall–Kier alpha value is -1.32. The van der Waals surface area contributed by atoms with Crippen molar-refractivity contribution in [2.45, 2.75) is 13.0 Å². The lowest BCUT2D eigenvalue weighted by atomic mass is 10.1. The van der Waals surface area contributed by atoms with E-state index in [9.17, 15) is 4.39 Å². The summed E-state index contributed by atoms with van der Waals surface area (Å²) in [5, 5.41) is 3.64. The number of furan rings is 1. The zero-order valence-corrected chi connectivity index (χ0v) is 10.0. The van der Waals surface area contributed by atoms with Gasteiger partial charge in [-0.15, -0.1) is 0 Å². The van der Waals surface area contributed by atoms with Crippen LogP contribution in [0.25, 0.3) is 0 Å². The molecule has 0 bridgehead atoms. The highest BCUT2D eigenvalue weighted by molar-refractivity contribution is 6.28. The molecule has 0 saturated carbocycles. The molecule has 0 amide bonds. The van der Waals surface area contributed by atoms with Crippen LogP contribution in [0.4, 0.5) is 4.39 Å². The summed E-state index contributed by atoms with van der Waals surface area (Å²) >= 11 is 5.65. The van der Waals surface area contributed by atoms with Crippen molar-refractivity contribution in [3.05, 3.63) is 58.8 Å². The lowest BCUT2D eigenvalue weighted by molar-refractivity contribution is 0.486. The maximum absolute atomic E-state index is 12.7. The van der Waals surface area contributed by atoms with Gasteiger partial charge in [-0.3, -0.25) is 0 Å². The molecule has 0 spiro atoms. The Morgan fingerprint density at radius 2 is 1.88 bits per heavy atom. The molecule has 1 aromatic heterocycles. The average Bonchev–Trinajstić information content (AvgIpc) is 2.73. The molecule has 0 fully saturated rings. The van der Waals surface area contributed by atoms with Gasteiger partial charge >= 0.3 is 0 Å². The highest BCUT2D eigenvalue weighted by Gasteiger charge is 1.99. The summed E-state index contributed by atoms with van der Waals surface area (Å²) < 4.78 is 17.9. The van der Waals surface area contributed by atoms with E-state index in [-0.39, 0.29) is 5.82 Å². The van der Waals surface area contributed by atoms with E-state index in [1.165, 1.54) is 12.1 Å². The minimum absolute atomic E-state index is 0.202. The standard InChI is InChI=1S/C13H13ClFNO/c14-13-6-5-12(17-13)9-16-8-7-10-1-3-11(15)4-2-10/h1-6,16H,7-9H2. The molecular formula is C13H13ClFNO. The molecule has 0 aliphatic heterocycles. The third-order valence-electron chi connectivity index (χ3n) is 2.43. The van der Waals surface area contributed by atoms with Gasteiger partial charge in [0, 0.05) is 0 Å². The number of benzene rings is 1. The van der Waals surface area contributed by atoms with Crippen LogP contribution in [0.3, 0.4) is 0 Å². The Morgan fingerprint density at radius 3 is 2.53 bits per heavy atom. The van der Waals surface area contributed by atoms with Crippen molar-refractivity contribution in [2.75, 3.05) is 6.54 Å². The minimum atomic E-state index is -0.202. The SMILES string of the molecule is Fc1ccc(CCNCc2ccc(Cl)o2)cc1. The first-order valence-electron chi connectivity index (χ1n) is 5.43. The van der Waals surface area contributed by atoms with Gasteiger partial charge < -0.3 is 9.73 Å². The second kappa shape index (κ2) is 5.84. The summed E-state index contributed by atoms with van der Waals surface area (Å²) in [7, 11) is 0. The summed E-state index contributed by atoms with van der Waals surface area (Å²) in [5.41, 5.74) is 1.11. The van der Waals surface area contributed by atoms with E-state index in [2.05, 4.69) is 5.32 Å². The Bertz CT molecular complexity index is 467. The van der Waals surface area contributed by atoms with E-state index in [0.29, 0.717) is 11.8 Å². The molecule has 90 valence electrons. The molecule has 0 unspecified atom stereocenters. The number of halogens is 2. The van der Waals surface area contributed by atoms with Crippen LogP contribution in [0.2, 0.25) is 5.22 Å². The van der Waals surface area contributed by atoms with E-state index >= 15 is 0 Å². The summed E-state index contributed by atoms with van der Waals surface area (Å²) in [4.78, 5) is 0. The topological polar surface area (TPSA) is 25.2 Å². The fourth-order valence-corrected chi connectivity index (χ4v) is 1.70. The fourth-order valence-electron chi connectivity index (χ4n) is 1.54. The van der Waals surface area contributed by atoms with Crippen LogP contribution in [-0.2, 0) is 13.0 Å². The molecular weight excluding hydrogens is 241 g/mol. The van der Waals surface area contributed by atoms with E-state index in [1.54, 1.807) is 18.2 Å². The van der Waals surface area contributed by atoms with Crippen molar-refractivity contribution in [3.63, 3.8) is 0 Å². The maximum Gasteiger partial charge on any atom is 0.193 e. The molecule has 0 saturated heterocycles. The zero-order chi connectivity index (χ0) is 12.1. The van der Waals surface area contributed by atoms with Gasteiger partial charge in [-0.25, -0.2) is 4.39 Å². The monoisotopic (exact) mass is 253 g/mol. The molecule has 0 aliphatic carbocycles. The van der Waals surface area contributed by atoms with Crippen LogP contribution in [-0.4, -0.2) is 6.54 Å². The lowest BCUT2D eigenvalue weighted by Crippen LogP contribution is -2.16.